The van der Waals surface area contributed by atoms with Crippen LogP contribution >= 0.6 is 11.6 Å². The minimum Gasteiger partial charge on any atom is -0.382 e. The number of nitriles is 1. The molecule has 2 N–H and O–H groups in total. The molecule has 5 heteroatoms. The Morgan fingerprint density at radius 3 is 2.69 bits per heavy atom. The van der Waals surface area contributed by atoms with Gasteiger partial charge in [0.05, 0.1) is 10.7 Å². The van der Waals surface area contributed by atoms with E-state index in [-0.39, 0.29) is 11.4 Å². The largest absolute Gasteiger partial charge is 0.382 e. The highest BCUT2D eigenvalue weighted by Gasteiger charge is 2.12. The average molecular weight is 231 g/mol. The lowest BCUT2D eigenvalue weighted by atomic mass is 10.1. The van der Waals surface area contributed by atoms with Gasteiger partial charge in [-0.1, -0.05) is 29.8 Å². The van der Waals surface area contributed by atoms with Crippen molar-refractivity contribution in [2.75, 3.05) is 5.73 Å². The van der Waals surface area contributed by atoms with Gasteiger partial charge in [-0.3, -0.25) is 0 Å². The van der Waals surface area contributed by atoms with Crippen molar-refractivity contribution in [3.63, 3.8) is 0 Å². The third-order valence-electron chi connectivity index (χ3n) is 2.12. The van der Waals surface area contributed by atoms with Crippen molar-refractivity contribution in [1.82, 2.24) is 9.97 Å². The Labute approximate surface area is 97.3 Å². The number of halogens is 1. The summed E-state index contributed by atoms with van der Waals surface area (Å²) in [5.41, 5.74) is 6.98. The molecule has 0 unspecified atom stereocenters. The first-order valence-electron chi connectivity index (χ1n) is 4.49. The van der Waals surface area contributed by atoms with E-state index in [9.17, 15) is 0 Å². The van der Waals surface area contributed by atoms with E-state index >= 15 is 0 Å². The van der Waals surface area contributed by atoms with Gasteiger partial charge in [-0.05, 0) is 6.07 Å². The van der Waals surface area contributed by atoms with Crippen LogP contribution in [-0.4, -0.2) is 9.97 Å². The predicted molar refractivity (Wildman–Crippen MR) is 61.6 cm³/mol. The van der Waals surface area contributed by atoms with Gasteiger partial charge in [0.25, 0.3) is 0 Å². The fourth-order valence-corrected chi connectivity index (χ4v) is 1.59. The smallest absolute Gasteiger partial charge is 0.145 e. The molecular formula is C11H7ClN4. The van der Waals surface area contributed by atoms with Crippen LogP contribution < -0.4 is 5.73 Å². The molecule has 0 bridgehead atoms. The SMILES string of the molecule is N#Cc1c(N)ncnc1-c1ccccc1Cl. The molecule has 0 fully saturated rings. The molecule has 0 amide bonds. The molecule has 16 heavy (non-hydrogen) atoms. The van der Waals surface area contributed by atoms with Crippen LogP contribution in [0.25, 0.3) is 11.3 Å². The molecule has 0 aliphatic heterocycles. The van der Waals surface area contributed by atoms with E-state index in [0.29, 0.717) is 16.3 Å². The monoisotopic (exact) mass is 230 g/mol. The zero-order chi connectivity index (χ0) is 11.5. The molecule has 2 rings (SSSR count). The van der Waals surface area contributed by atoms with Gasteiger partial charge in [0.15, 0.2) is 0 Å². The number of nitrogen functional groups attached to an aromatic ring is 1. The first kappa shape index (κ1) is 10.4. The maximum absolute atomic E-state index is 9.00. The van der Waals surface area contributed by atoms with E-state index in [1.807, 2.05) is 18.2 Å². The van der Waals surface area contributed by atoms with Crippen molar-refractivity contribution in [2.45, 2.75) is 0 Å². The average Bonchev–Trinajstić information content (AvgIpc) is 2.29. The maximum Gasteiger partial charge on any atom is 0.145 e. The van der Waals surface area contributed by atoms with Crippen molar-refractivity contribution in [2.24, 2.45) is 0 Å². The van der Waals surface area contributed by atoms with Crippen LogP contribution in [0.3, 0.4) is 0 Å². The van der Waals surface area contributed by atoms with Crippen molar-refractivity contribution in [3.8, 4) is 17.3 Å². The molecular weight excluding hydrogens is 224 g/mol. The van der Waals surface area contributed by atoms with E-state index < -0.39 is 0 Å². The third kappa shape index (κ3) is 1.69. The molecule has 0 saturated heterocycles. The number of rotatable bonds is 1. The molecule has 78 valence electrons. The summed E-state index contributed by atoms with van der Waals surface area (Å²) >= 11 is 6.03. The minimum absolute atomic E-state index is 0.160. The normalized spacial score (nSPS) is 9.75. The van der Waals surface area contributed by atoms with E-state index in [2.05, 4.69) is 9.97 Å². The molecule has 0 aliphatic rings. The maximum atomic E-state index is 9.00. The number of nitrogens with zero attached hydrogens (tertiary/aromatic N) is 3. The van der Waals surface area contributed by atoms with Gasteiger partial charge in [-0.15, -0.1) is 0 Å². The summed E-state index contributed by atoms with van der Waals surface area (Å²) < 4.78 is 0. The summed E-state index contributed by atoms with van der Waals surface area (Å²) in [5, 5.41) is 9.52. The first-order valence-corrected chi connectivity index (χ1v) is 4.87. The Hall–Kier alpha value is -2.12. The Bertz CT molecular complexity index is 574. The molecule has 2 aromatic rings. The highest BCUT2D eigenvalue weighted by atomic mass is 35.5. The van der Waals surface area contributed by atoms with Crippen molar-refractivity contribution in [3.05, 3.63) is 41.2 Å². The van der Waals surface area contributed by atoms with Gasteiger partial charge in [0, 0.05) is 5.56 Å². The summed E-state index contributed by atoms with van der Waals surface area (Å²) in [6, 6.07) is 9.12. The van der Waals surface area contributed by atoms with E-state index in [1.165, 1.54) is 6.33 Å². The Kier molecular flexibility index (Phi) is 2.71. The Morgan fingerprint density at radius 1 is 1.25 bits per heavy atom. The van der Waals surface area contributed by atoms with Crippen molar-refractivity contribution >= 4 is 17.4 Å². The van der Waals surface area contributed by atoms with Crippen LogP contribution in [0.4, 0.5) is 5.82 Å². The first-order chi connectivity index (χ1) is 7.74. The quantitative estimate of drug-likeness (QED) is 0.815. The van der Waals surface area contributed by atoms with E-state index in [1.54, 1.807) is 12.1 Å². The lowest BCUT2D eigenvalue weighted by Gasteiger charge is -2.05. The minimum atomic E-state index is 0.160. The summed E-state index contributed by atoms with van der Waals surface area (Å²) in [6.45, 7) is 0. The second-order valence-electron chi connectivity index (χ2n) is 3.07. The van der Waals surface area contributed by atoms with E-state index in [4.69, 9.17) is 22.6 Å². The summed E-state index contributed by atoms with van der Waals surface area (Å²) in [7, 11) is 0. The number of hydrogen-bond donors (Lipinski definition) is 1. The molecule has 0 radical (unpaired) electrons. The lowest BCUT2D eigenvalue weighted by molar-refractivity contribution is 1.17. The number of anilines is 1. The van der Waals surface area contributed by atoms with Gasteiger partial charge < -0.3 is 5.73 Å². The van der Waals surface area contributed by atoms with Gasteiger partial charge in [0.1, 0.15) is 23.8 Å². The fourth-order valence-electron chi connectivity index (χ4n) is 1.37. The Balaban J connectivity index is 2.71. The lowest BCUT2D eigenvalue weighted by Crippen LogP contribution is -1.99. The molecule has 0 spiro atoms. The highest BCUT2D eigenvalue weighted by molar-refractivity contribution is 6.33. The molecule has 0 atom stereocenters. The molecule has 0 aliphatic carbocycles. The van der Waals surface area contributed by atoms with Crippen LogP contribution in [0.1, 0.15) is 5.56 Å². The van der Waals surface area contributed by atoms with Crippen molar-refractivity contribution in [1.29, 1.82) is 5.26 Å². The standard InChI is InChI=1S/C11H7ClN4/c12-9-4-2-1-3-7(9)10-8(5-13)11(14)16-6-15-10/h1-4,6H,(H2,14,15,16). The molecule has 0 saturated carbocycles. The van der Waals surface area contributed by atoms with Crippen LogP contribution in [0.5, 0.6) is 0 Å². The van der Waals surface area contributed by atoms with Crippen LogP contribution in [0, 0.1) is 11.3 Å². The second kappa shape index (κ2) is 4.17. The number of nitrogens with two attached hydrogens (primary N) is 1. The molecule has 1 heterocycles. The summed E-state index contributed by atoms with van der Waals surface area (Å²) in [6.07, 6.45) is 1.31. The second-order valence-corrected chi connectivity index (χ2v) is 3.48. The van der Waals surface area contributed by atoms with Gasteiger partial charge >= 0.3 is 0 Å². The molecule has 1 aromatic heterocycles. The fraction of sp³-hybridized carbons (Fsp3) is 0. The molecule has 1 aromatic carbocycles. The molecule has 4 nitrogen and oxygen atoms in total. The zero-order valence-corrected chi connectivity index (χ0v) is 8.94. The summed E-state index contributed by atoms with van der Waals surface area (Å²) in [5.74, 6) is 0.160. The van der Waals surface area contributed by atoms with Gasteiger partial charge in [-0.2, -0.15) is 5.26 Å². The zero-order valence-electron chi connectivity index (χ0n) is 8.18. The number of benzene rings is 1. The van der Waals surface area contributed by atoms with Crippen LogP contribution in [-0.2, 0) is 0 Å². The van der Waals surface area contributed by atoms with E-state index in [0.717, 1.165) is 0 Å². The number of hydrogen-bond acceptors (Lipinski definition) is 4. The van der Waals surface area contributed by atoms with Gasteiger partial charge in [-0.25, -0.2) is 9.97 Å². The number of aromatic nitrogens is 2. The van der Waals surface area contributed by atoms with Gasteiger partial charge in [0.2, 0.25) is 0 Å². The third-order valence-corrected chi connectivity index (χ3v) is 2.45. The topological polar surface area (TPSA) is 75.6 Å². The van der Waals surface area contributed by atoms with Crippen LogP contribution in [0.2, 0.25) is 5.02 Å². The van der Waals surface area contributed by atoms with Crippen LogP contribution in [0.15, 0.2) is 30.6 Å². The van der Waals surface area contributed by atoms with Crippen molar-refractivity contribution < 1.29 is 0 Å². The predicted octanol–water partition coefficient (Wildman–Crippen LogP) is 2.25. The Morgan fingerprint density at radius 2 is 2.00 bits per heavy atom. The highest BCUT2D eigenvalue weighted by Crippen LogP contribution is 2.29. The summed E-state index contributed by atoms with van der Waals surface area (Å²) in [4.78, 5) is 7.81.